The molecule has 1 aliphatic heterocycles. The zero-order valence-electron chi connectivity index (χ0n) is 10.4. The van der Waals surface area contributed by atoms with Crippen LogP contribution in [0.3, 0.4) is 0 Å². The van der Waals surface area contributed by atoms with E-state index in [9.17, 15) is 10.4 Å². The maximum Gasteiger partial charge on any atom is 0.119 e. The lowest BCUT2D eigenvalue weighted by atomic mass is 9.76. The summed E-state index contributed by atoms with van der Waals surface area (Å²) in [6.45, 7) is 0.941. The Morgan fingerprint density at radius 1 is 1.56 bits per heavy atom. The van der Waals surface area contributed by atoms with Gasteiger partial charge in [0.1, 0.15) is 11.2 Å². The molecule has 1 saturated heterocycles. The number of hydrogen-bond acceptors (Lipinski definition) is 4. The maximum atomic E-state index is 10.5. The van der Waals surface area contributed by atoms with Crippen LogP contribution in [0.1, 0.15) is 24.5 Å². The second kappa shape index (κ2) is 5.38. The average molecular weight is 247 g/mol. The van der Waals surface area contributed by atoms with Gasteiger partial charge in [-0.1, -0.05) is 12.1 Å². The van der Waals surface area contributed by atoms with Crippen LogP contribution in [0.25, 0.3) is 0 Å². The van der Waals surface area contributed by atoms with Crippen molar-refractivity contribution in [1.29, 1.82) is 5.26 Å². The molecule has 0 aliphatic carbocycles. The minimum absolute atomic E-state index is 0.280. The number of rotatable bonds is 3. The number of nitrogens with zero attached hydrogens (tertiary/aromatic N) is 1. The van der Waals surface area contributed by atoms with Gasteiger partial charge in [-0.05, 0) is 30.5 Å². The van der Waals surface area contributed by atoms with E-state index in [1.807, 2.05) is 12.1 Å². The number of ether oxygens (including phenoxy) is 2. The molecule has 0 saturated carbocycles. The van der Waals surface area contributed by atoms with Crippen molar-refractivity contribution in [1.82, 2.24) is 0 Å². The minimum Gasteiger partial charge on any atom is -0.497 e. The molecule has 1 aromatic carbocycles. The molecule has 0 amide bonds. The lowest BCUT2D eigenvalue weighted by Crippen LogP contribution is -2.36. The van der Waals surface area contributed by atoms with Crippen LogP contribution in [0.5, 0.6) is 5.75 Å². The first-order valence-electron chi connectivity index (χ1n) is 6.03. The predicted molar refractivity (Wildman–Crippen MR) is 66.1 cm³/mol. The zero-order valence-corrected chi connectivity index (χ0v) is 10.4. The van der Waals surface area contributed by atoms with Gasteiger partial charge in [-0.25, -0.2) is 0 Å². The van der Waals surface area contributed by atoms with Gasteiger partial charge < -0.3 is 14.6 Å². The van der Waals surface area contributed by atoms with Crippen LogP contribution >= 0.6 is 0 Å². The van der Waals surface area contributed by atoms with Gasteiger partial charge in [0.15, 0.2) is 0 Å². The molecular formula is C14H17NO3. The van der Waals surface area contributed by atoms with Crippen LogP contribution in [-0.2, 0) is 4.74 Å². The Labute approximate surface area is 107 Å². The van der Waals surface area contributed by atoms with Gasteiger partial charge in [0.05, 0.1) is 25.9 Å². The Morgan fingerprint density at radius 2 is 2.39 bits per heavy atom. The molecule has 1 fully saturated rings. The lowest BCUT2D eigenvalue weighted by molar-refractivity contribution is -0.0506. The highest BCUT2D eigenvalue weighted by Gasteiger charge is 2.41. The standard InChI is InChI=1S/C14H17NO3/c1-17-12-5-2-4-11(8-12)13(16)14(9-15)6-3-7-18-10-14/h2,4-5,8,13,16H,3,6-7,10H2,1H3. The van der Waals surface area contributed by atoms with Crippen molar-refractivity contribution in [2.24, 2.45) is 5.41 Å². The number of aliphatic hydroxyl groups excluding tert-OH is 1. The monoisotopic (exact) mass is 247 g/mol. The van der Waals surface area contributed by atoms with Crippen LogP contribution in [0.15, 0.2) is 24.3 Å². The van der Waals surface area contributed by atoms with Crippen molar-refractivity contribution >= 4 is 0 Å². The molecule has 1 heterocycles. The third-order valence-electron chi connectivity index (χ3n) is 3.43. The third-order valence-corrected chi connectivity index (χ3v) is 3.43. The topological polar surface area (TPSA) is 62.5 Å². The summed E-state index contributed by atoms with van der Waals surface area (Å²) in [4.78, 5) is 0. The van der Waals surface area contributed by atoms with Crippen molar-refractivity contribution in [3.8, 4) is 11.8 Å². The largest absolute Gasteiger partial charge is 0.497 e. The Hall–Kier alpha value is -1.57. The normalized spacial score (nSPS) is 25.2. The Balaban J connectivity index is 2.28. The van der Waals surface area contributed by atoms with E-state index in [0.717, 1.165) is 6.42 Å². The maximum absolute atomic E-state index is 10.5. The molecule has 1 aliphatic rings. The summed E-state index contributed by atoms with van der Waals surface area (Å²) in [5, 5.41) is 19.8. The summed E-state index contributed by atoms with van der Waals surface area (Å²) in [5.74, 6) is 0.677. The summed E-state index contributed by atoms with van der Waals surface area (Å²) in [6, 6.07) is 9.43. The highest BCUT2D eigenvalue weighted by atomic mass is 16.5. The van der Waals surface area contributed by atoms with Gasteiger partial charge >= 0.3 is 0 Å². The van der Waals surface area contributed by atoms with E-state index < -0.39 is 11.5 Å². The van der Waals surface area contributed by atoms with Gasteiger partial charge in [0, 0.05) is 6.61 Å². The summed E-state index contributed by atoms with van der Waals surface area (Å²) < 4.78 is 10.5. The van der Waals surface area contributed by atoms with Crippen molar-refractivity contribution in [3.05, 3.63) is 29.8 Å². The molecule has 18 heavy (non-hydrogen) atoms. The first-order valence-corrected chi connectivity index (χ1v) is 6.03. The SMILES string of the molecule is COc1cccc(C(O)C2(C#N)CCCOC2)c1. The Morgan fingerprint density at radius 3 is 3.00 bits per heavy atom. The summed E-state index contributed by atoms with van der Waals surface area (Å²) in [6.07, 6.45) is 0.606. The fourth-order valence-corrected chi connectivity index (χ4v) is 2.31. The minimum atomic E-state index is -0.849. The zero-order chi connectivity index (χ0) is 13.0. The molecular weight excluding hydrogens is 230 g/mol. The molecule has 4 heteroatoms. The van der Waals surface area contributed by atoms with Crippen molar-refractivity contribution in [2.45, 2.75) is 18.9 Å². The molecule has 0 aromatic heterocycles. The fourth-order valence-electron chi connectivity index (χ4n) is 2.31. The number of methoxy groups -OCH3 is 1. The van der Waals surface area contributed by atoms with E-state index in [-0.39, 0.29) is 6.61 Å². The summed E-state index contributed by atoms with van der Waals surface area (Å²) in [7, 11) is 1.58. The quantitative estimate of drug-likeness (QED) is 0.888. The molecule has 2 unspecified atom stereocenters. The smallest absolute Gasteiger partial charge is 0.119 e. The van der Waals surface area contributed by atoms with Crippen molar-refractivity contribution in [2.75, 3.05) is 20.3 Å². The van der Waals surface area contributed by atoms with Crippen molar-refractivity contribution < 1.29 is 14.6 Å². The number of nitriles is 1. The molecule has 0 bridgehead atoms. The summed E-state index contributed by atoms with van der Waals surface area (Å²) >= 11 is 0. The highest BCUT2D eigenvalue weighted by Crippen LogP contribution is 2.40. The first-order chi connectivity index (χ1) is 8.72. The molecule has 0 spiro atoms. The van der Waals surface area contributed by atoms with E-state index in [4.69, 9.17) is 9.47 Å². The molecule has 1 aromatic rings. The number of benzene rings is 1. The van der Waals surface area contributed by atoms with Crippen LogP contribution in [0.4, 0.5) is 0 Å². The highest BCUT2D eigenvalue weighted by molar-refractivity contribution is 5.32. The van der Waals surface area contributed by atoms with E-state index in [1.165, 1.54) is 0 Å². The molecule has 4 nitrogen and oxygen atoms in total. The molecule has 1 N–H and O–H groups in total. The third kappa shape index (κ3) is 2.33. The van der Waals surface area contributed by atoms with Crippen LogP contribution < -0.4 is 4.74 Å². The predicted octanol–water partition coefficient (Wildman–Crippen LogP) is 2.05. The molecule has 0 radical (unpaired) electrons. The van der Waals surface area contributed by atoms with Crippen LogP contribution in [0, 0.1) is 16.7 Å². The van der Waals surface area contributed by atoms with E-state index >= 15 is 0 Å². The van der Waals surface area contributed by atoms with Crippen molar-refractivity contribution in [3.63, 3.8) is 0 Å². The van der Waals surface area contributed by atoms with E-state index in [2.05, 4.69) is 6.07 Å². The van der Waals surface area contributed by atoms with Gasteiger partial charge in [-0.2, -0.15) is 5.26 Å². The Kier molecular flexibility index (Phi) is 3.85. The Bertz CT molecular complexity index is 447. The van der Waals surface area contributed by atoms with Gasteiger partial charge in [0.2, 0.25) is 0 Å². The fraction of sp³-hybridized carbons (Fsp3) is 0.500. The average Bonchev–Trinajstić information content (AvgIpc) is 2.47. The van der Waals surface area contributed by atoms with Gasteiger partial charge in [-0.15, -0.1) is 0 Å². The molecule has 2 atom stereocenters. The molecule has 96 valence electrons. The van der Waals surface area contributed by atoms with Gasteiger partial charge in [0.25, 0.3) is 0 Å². The molecule has 2 rings (SSSR count). The van der Waals surface area contributed by atoms with Gasteiger partial charge in [-0.3, -0.25) is 0 Å². The van der Waals surface area contributed by atoms with E-state index in [0.29, 0.717) is 24.3 Å². The lowest BCUT2D eigenvalue weighted by Gasteiger charge is -2.35. The second-order valence-corrected chi connectivity index (χ2v) is 4.60. The summed E-state index contributed by atoms with van der Waals surface area (Å²) in [5.41, 5.74) is -0.147. The second-order valence-electron chi connectivity index (χ2n) is 4.60. The van der Waals surface area contributed by atoms with E-state index in [1.54, 1.807) is 19.2 Å². The number of hydrogen-bond donors (Lipinski definition) is 1. The van der Waals surface area contributed by atoms with Crippen LogP contribution in [-0.4, -0.2) is 25.4 Å². The first kappa shape index (κ1) is 12.9. The number of aliphatic hydroxyl groups is 1. The van der Waals surface area contributed by atoms with Crippen LogP contribution in [0.2, 0.25) is 0 Å².